The Hall–Kier alpha value is -1.39. The second-order valence-corrected chi connectivity index (χ2v) is 5.39. The molecule has 0 spiro atoms. The maximum absolute atomic E-state index is 12.0. The van der Waals surface area contributed by atoms with Crippen LogP contribution in [0.1, 0.15) is 31.2 Å². The average Bonchev–Trinajstić information content (AvgIpc) is 3.00. The highest BCUT2D eigenvalue weighted by atomic mass is 16.3. The van der Waals surface area contributed by atoms with E-state index in [2.05, 4.69) is 10.2 Å². The van der Waals surface area contributed by atoms with E-state index in [1.165, 1.54) is 12.8 Å². The number of carbonyl (C=O) groups is 1. The number of amides is 1. The molecule has 0 radical (unpaired) electrons. The summed E-state index contributed by atoms with van der Waals surface area (Å²) in [5.41, 5.74) is 1.11. The third-order valence-electron chi connectivity index (χ3n) is 3.91. The van der Waals surface area contributed by atoms with Crippen molar-refractivity contribution in [1.82, 2.24) is 10.2 Å². The summed E-state index contributed by atoms with van der Waals surface area (Å²) < 4.78 is 0. The molecule has 4 heteroatoms. The molecule has 0 heterocycles. The fraction of sp³-hybridized carbons (Fsp3) is 0.562. The second kappa shape index (κ2) is 8.02. The molecule has 1 saturated carbocycles. The van der Waals surface area contributed by atoms with Gasteiger partial charge < -0.3 is 10.4 Å². The van der Waals surface area contributed by atoms with E-state index in [0.717, 1.165) is 18.4 Å². The molecule has 2 rings (SSSR count). The van der Waals surface area contributed by atoms with Gasteiger partial charge in [-0.1, -0.05) is 43.2 Å². The first-order chi connectivity index (χ1) is 9.79. The number of hydrogen-bond acceptors (Lipinski definition) is 3. The zero-order valence-electron chi connectivity index (χ0n) is 11.9. The summed E-state index contributed by atoms with van der Waals surface area (Å²) in [5.74, 6) is 0.0363. The van der Waals surface area contributed by atoms with E-state index in [1.54, 1.807) is 0 Å². The second-order valence-electron chi connectivity index (χ2n) is 5.39. The Balaban J connectivity index is 1.78. The van der Waals surface area contributed by atoms with E-state index in [9.17, 15) is 4.79 Å². The topological polar surface area (TPSA) is 52.6 Å². The van der Waals surface area contributed by atoms with Gasteiger partial charge in [0.25, 0.3) is 0 Å². The lowest BCUT2D eigenvalue weighted by molar-refractivity contribution is -0.123. The van der Waals surface area contributed by atoms with Gasteiger partial charge in [0, 0.05) is 19.1 Å². The van der Waals surface area contributed by atoms with E-state index in [-0.39, 0.29) is 12.5 Å². The van der Waals surface area contributed by atoms with Gasteiger partial charge in [0.15, 0.2) is 0 Å². The summed E-state index contributed by atoms with van der Waals surface area (Å²) in [6, 6.07) is 10.4. The minimum Gasteiger partial charge on any atom is -0.395 e. The number of hydrogen-bond donors (Lipinski definition) is 2. The molecule has 0 bridgehead atoms. The summed E-state index contributed by atoms with van der Waals surface area (Å²) in [5, 5.41) is 12.1. The molecule has 0 unspecified atom stereocenters. The molecule has 4 nitrogen and oxygen atoms in total. The number of nitrogens with zero attached hydrogens (tertiary/aromatic N) is 1. The van der Waals surface area contributed by atoms with Crippen LogP contribution in [0.2, 0.25) is 0 Å². The first-order valence-corrected chi connectivity index (χ1v) is 7.45. The SMILES string of the molecule is O=C(CN(CCO)C1CCCC1)NCc1ccccc1. The Morgan fingerprint density at radius 2 is 1.95 bits per heavy atom. The molecule has 0 aliphatic heterocycles. The van der Waals surface area contributed by atoms with Crippen LogP contribution >= 0.6 is 0 Å². The van der Waals surface area contributed by atoms with Crippen molar-refractivity contribution in [2.24, 2.45) is 0 Å². The number of aliphatic hydroxyl groups is 1. The highest BCUT2D eigenvalue weighted by molar-refractivity contribution is 5.78. The third kappa shape index (κ3) is 4.62. The molecule has 1 aromatic rings. The molecule has 1 aliphatic carbocycles. The van der Waals surface area contributed by atoms with E-state index in [0.29, 0.717) is 25.7 Å². The van der Waals surface area contributed by atoms with Crippen LogP contribution in [0.4, 0.5) is 0 Å². The van der Waals surface area contributed by atoms with Crippen LogP contribution in [0.15, 0.2) is 30.3 Å². The van der Waals surface area contributed by atoms with Crippen molar-refractivity contribution in [3.05, 3.63) is 35.9 Å². The fourth-order valence-corrected chi connectivity index (χ4v) is 2.83. The van der Waals surface area contributed by atoms with Gasteiger partial charge in [0.05, 0.1) is 13.2 Å². The number of aliphatic hydroxyl groups excluding tert-OH is 1. The molecular weight excluding hydrogens is 252 g/mol. The molecule has 20 heavy (non-hydrogen) atoms. The van der Waals surface area contributed by atoms with Crippen molar-refractivity contribution in [2.75, 3.05) is 19.7 Å². The molecule has 1 aliphatic rings. The predicted molar refractivity (Wildman–Crippen MR) is 79.2 cm³/mol. The van der Waals surface area contributed by atoms with Gasteiger partial charge in [-0.3, -0.25) is 9.69 Å². The number of rotatable bonds is 7. The lowest BCUT2D eigenvalue weighted by Crippen LogP contribution is -2.43. The van der Waals surface area contributed by atoms with Gasteiger partial charge >= 0.3 is 0 Å². The van der Waals surface area contributed by atoms with Crippen molar-refractivity contribution in [3.8, 4) is 0 Å². The van der Waals surface area contributed by atoms with Crippen LogP contribution in [0.3, 0.4) is 0 Å². The Kier molecular flexibility index (Phi) is 6.02. The lowest BCUT2D eigenvalue weighted by Gasteiger charge is -2.27. The summed E-state index contributed by atoms with van der Waals surface area (Å²) in [6.45, 7) is 1.65. The van der Waals surface area contributed by atoms with Crippen molar-refractivity contribution in [3.63, 3.8) is 0 Å². The van der Waals surface area contributed by atoms with Crippen LogP contribution in [0.25, 0.3) is 0 Å². The molecule has 0 aromatic heterocycles. The lowest BCUT2D eigenvalue weighted by atomic mass is 10.2. The maximum atomic E-state index is 12.0. The predicted octanol–water partition coefficient (Wildman–Crippen LogP) is 1.54. The van der Waals surface area contributed by atoms with Crippen molar-refractivity contribution in [2.45, 2.75) is 38.3 Å². The number of nitrogens with one attached hydrogen (secondary N) is 1. The third-order valence-corrected chi connectivity index (χ3v) is 3.91. The first-order valence-electron chi connectivity index (χ1n) is 7.45. The monoisotopic (exact) mass is 276 g/mol. The Labute approximate surface area is 120 Å². The average molecular weight is 276 g/mol. The Bertz CT molecular complexity index is 402. The zero-order chi connectivity index (χ0) is 14.2. The van der Waals surface area contributed by atoms with E-state index in [1.807, 2.05) is 30.3 Å². The first kappa shape index (κ1) is 15.0. The van der Waals surface area contributed by atoms with E-state index >= 15 is 0 Å². The van der Waals surface area contributed by atoms with Crippen molar-refractivity contribution < 1.29 is 9.90 Å². The van der Waals surface area contributed by atoms with Crippen molar-refractivity contribution in [1.29, 1.82) is 0 Å². The Morgan fingerprint density at radius 1 is 1.25 bits per heavy atom. The minimum atomic E-state index is 0.0363. The number of carbonyl (C=O) groups excluding carboxylic acids is 1. The Morgan fingerprint density at radius 3 is 2.60 bits per heavy atom. The summed E-state index contributed by atoms with van der Waals surface area (Å²) in [6.07, 6.45) is 4.76. The quantitative estimate of drug-likeness (QED) is 0.794. The summed E-state index contributed by atoms with van der Waals surface area (Å²) in [4.78, 5) is 14.1. The van der Waals surface area contributed by atoms with Crippen LogP contribution in [0.5, 0.6) is 0 Å². The van der Waals surface area contributed by atoms with Gasteiger partial charge in [0.1, 0.15) is 0 Å². The smallest absolute Gasteiger partial charge is 0.234 e. The van der Waals surface area contributed by atoms with Crippen molar-refractivity contribution >= 4 is 5.91 Å². The molecule has 1 fully saturated rings. The van der Waals surface area contributed by atoms with E-state index < -0.39 is 0 Å². The zero-order valence-corrected chi connectivity index (χ0v) is 11.9. The standard InChI is InChI=1S/C16H24N2O2/c19-11-10-18(15-8-4-5-9-15)13-16(20)17-12-14-6-2-1-3-7-14/h1-3,6-7,15,19H,4-5,8-13H2,(H,17,20). The van der Waals surface area contributed by atoms with Crippen LogP contribution in [-0.2, 0) is 11.3 Å². The maximum Gasteiger partial charge on any atom is 0.234 e. The molecule has 1 aromatic carbocycles. The van der Waals surface area contributed by atoms with E-state index in [4.69, 9.17) is 5.11 Å². The fourth-order valence-electron chi connectivity index (χ4n) is 2.83. The van der Waals surface area contributed by atoms with Crippen LogP contribution in [-0.4, -0.2) is 41.7 Å². The van der Waals surface area contributed by atoms with Crippen LogP contribution < -0.4 is 5.32 Å². The molecule has 1 amide bonds. The molecule has 0 atom stereocenters. The van der Waals surface area contributed by atoms with Gasteiger partial charge in [-0.05, 0) is 18.4 Å². The van der Waals surface area contributed by atoms with Gasteiger partial charge in [-0.2, -0.15) is 0 Å². The van der Waals surface area contributed by atoms with Crippen LogP contribution in [0, 0.1) is 0 Å². The normalized spacial score (nSPS) is 15.7. The summed E-state index contributed by atoms with van der Waals surface area (Å²) in [7, 11) is 0. The highest BCUT2D eigenvalue weighted by Gasteiger charge is 2.23. The molecule has 2 N–H and O–H groups in total. The number of benzene rings is 1. The van der Waals surface area contributed by atoms with Gasteiger partial charge in [-0.15, -0.1) is 0 Å². The minimum absolute atomic E-state index is 0.0363. The van der Waals surface area contributed by atoms with Gasteiger partial charge in [-0.25, -0.2) is 0 Å². The van der Waals surface area contributed by atoms with Gasteiger partial charge in [0.2, 0.25) is 5.91 Å². The molecule has 0 saturated heterocycles. The largest absolute Gasteiger partial charge is 0.395 e. The highest BCUT2D eigenvalue weighted by Crippen LogP contribution is 2.22. The molecular formula is C16H24N2O2. The molecule has 110 valence electrons. The summed E-state index contributed by atoms with van der Waals surface area (Å²) >= 11 is 0.